The van der Waals surface area contributed by atoms with E-state index < -0.39 is 26.5 Å². The predicted molar refractivity (Wildman–Crippen MR) is 88.8 cm³/mol. The first kappa shape index (κ1) is 14.8. The van der Waals surface area contributed by atoms with E-state index in [1.165, 1.54) is 7.23 Å². The molecular formula is C19H20OTe. The zero-order chi connectivity index (χ0) is 15.1. The van der Waals surface area contributed by atoms with Gasteiger partial charge in [0.25, 0.3) is 0 Å². The molecule has 0 aliphatic carbocycles. The molecule has 0 radical (unpaired) electrons. The topological polar surface area (TPSA) is 20.2 Å². The van der Waals surface area contributed by atoms with Crippen LogP contribution in [-0.2, 0) is 5.60 Å². The van der Waals surface area contributed by atoms with E-state index in [4.69, 9.17) is 0 Å². The molecule has 0 saturated carbocycles. The van der Waals surface area contributed by atoms with Crippen molar-refractivity contribution in [3.8, 4) is 0 Å². The van der Waals surface area contributed by atoms with Crippen LogP contribution in [0.3, 0.4) is 0 Å². The first-order chi connectivity index (χ1) is 9.91. The number of hydrogen-bond acceptors (Lipinski definition) is 1. The van der Waals surface area contributed by atoms with E-state index in [1.54, 1.807) is 0 Å². The second-order valence-electron chi connectivity index (χ2n) is 6.49. The average Bonchev–Trinajstić information content (AvgIpc) is 2.47. The molecule has 0 saturated heterocycles. The Morgan fingerprint density at radius 1 is 0.905 bits per heavy atom. The van der Waals surface area contributed by atoms with Gasteiger partial charge in [-0.1, -0.05) is 0 Å². The molecule has 108 valence electrons. The summed E-state index contributed by atoms with van der Waals surface area (Å²) < 4.78 is 2.76. The van der Waals surface area contributed by atoms with Gasteiger partial charge < -0.3 is 0 Å². The molecule has 2 aromatic carbocycles. The fourth-order valence-electron chi connectivity index (χ4n) is 2.59. The first-order valence-electron chi connectivity index (χ1n) is 7.20. The van der Waals surface area contributed by atoms with Crippen LogP contribution in [0.1, 0.15) is 31.9 Å². The molecule has 1 aliphatic rings. The summed E-state index contributed by atoms with van der Waals surface area (Å²) in [6.45, 7) is 6.72. The summed E-state index contributed by atoms with van der Waals surface area (Å²) in [7, 11) is 0. The van der Waals surface area contributed by atoms with Gasteiger partial charge in [-0.3, -0.25) is 0 Å². The Morgan fingerprint density at radius 2 is 1.52 bits per heavy atom. The van der Waals surface area contributed by atoms with Gasteiger partial charge >= 0.3 is 137 Å². The number of fused-ring (bicyclic) bond motifs is 1. The normalized spacial score (nSPS) is 21.6. The van der Waals surface area contributed by atoms with Crippen LogP contribution in [0.25, 0.3) is 0 Å². The SMILES string of the molecule is CC(C)(C)C1=CC(O)(c2ccccc2)c2ccccc2[Te]1. The van der Waals surface area contributed by atoms with Crippen LogP contribution in [0, 0.1) is 5.41 Å². The zero-order valence-corrected chi connectivity index (χ0v) is 15.0. The summed E-state index contributed by atoms with van der Waals surface area (Å²) in [6.07, 6.45) is 2.12. The number of allylic oxidation sites excluding steroid dienone is 1. The van der Waals surface area contributed by atoms with Crippen LogP contribution in [0.15, 0.2) is 64.3 Å². The quantitative estimate of drug-likeness (QED) is 0.740. The third-order valence-corrected chi connectivity index (χ3v) is 8.17. The standard InChI is InChI=1S/C19H20OTe/c1-18(2,3)17-13-19(20,14-9-5-4-6-10-14)15-11-7-8-12-16(15)21-17/h4-13,20H,1-3H3. The Balaban J connectivity index is 2.24. The van der Waals surface area contributed by atoms with E-state index in [2.05, 4.69) is 45.0 Å². The summed E-state index contributed by atoms with van der Waals surface area (Å²) in [5, 5.41) is 11.5. The van der Waals surface area contributed by atoms with Gasteiger partial charge in [0.05, 0.1) is 0 Å². The molecule has 0 aromatic heterocycles. The Labute approximate surface area is 136 Å². The molecule has 0 spiro atoms. The van der Waals surface area contributed by atoms with Gasteiger partial charge in [-0.25, -0.2) is 0 Å². The van der Waals surface area contributed by atoms with Gasteiger partial charge in [0, 0.05) is 0 Å². The van der Waals surface area contributed by atoms with Crippen molar-refractivity contribution >= 4 is 24.5 Å². The summed E-state index contributed by atoms with van der Waals surface area (Å²) in [4.78, 5) is 0. The molecule has 21 heavy (non-hydrogen) atoms. The molecular weight excluding hydrogens is 372 g/mol. The molecule has 1 nitrogen and oxygen atoms in total. The van der Waals surface area contributed by atoms with Crippen molar-refractivity contribution in [2.45, 2.75) is 26.4 Å². The minimum atomic E-state index is -0.997. The summed E-state index contributed by atoms with van der Waals surface area (Å²) in [6, 6.07) is 18.4. The number of benzene rings is 2. The minimum absolute atomic E-state index is 0.110. The molecule has 0 amide bonds. The maximum atomic E-state index is 11.5. The average molecular weight is 392 g/mol. The van der Waals surface area contributed by atoms with Crippen LogP contribution in [0.2, 0.25) is 0 Å². The number of rotatable bonds is 1. The molecule has 0 fully saturated rings. The fraction of sp³-hybridized carbons (Fsp3) is 0.263. The Morgan fingerprint density at radius 3 is 2.19 bits per heavy atom. The van der Waals surface area contributed by atoms with Crippen molar-refractivity contribution in [3.63, 3.8) is 0 Å². The van der Waals surface area contributed by atoms with E-state index in [0.29, 0.717) is 0 Å². The maximum absolute atomic E-state index is 11.5. The second-order valence-corrected chi connectivity index (χ2v) is 9.58. The monoisotopic (exact) mass is 394 g/mol. The van der Waals surface area contributed by atoms with Gasteiger partial charge in [-0.15, -0.1) is 0 Å². The van der Waals surface area contributed by atoms with Crippen molar-refractivity contribution in [2.75, 3.05) is 0 Å². The van der Waals surface area contributed by atoms with E-state index in [9.17, 15) is 5.11 Å². The van der Waals surface area contributed by atoms with Crippen molar-refractivity contribution in [1.29, 1.82) is 0 Å². The summed E-state index contributed by atoms with van der Waals surface area (Å²) in [5.41, 5.74) is 1.13. The van der Waals surface area contributed by atoms with Gasteiger partial charge in [-0.2, -0.15) is 0 Å². The molecule has 2 aromatic rings. The van der Waals surface area contributed by atoms with E-state index in [0.717, 1.165) is 11.1 Å². The van der Waals surface area contributed by atoms with Gasteiger partial charge in [0.2, 0.25) is 0 Å². The van der Waals surface area contributed by atoms with Crippen molar-refractivity contribution in [2.24, 2.45) is 5.41 Å². The van der Waals surface area contributed by atoms with Crippen LogP contribution in [-0.4, -0.2) is 26.0 Å². The van der Waals surface area contributed by atoms with Crippen LogP contribution < -0.4 is 3.61 Å². The first-order valence-corrected chi connectivity index (χ1v) is 9.53. The Kier molecular flexibility index (Phi) is 3.74. The van der Waals surface area contributed by atoms with Gasteiger partial charge in [-0.05, 0) is 0 Å². The molecule has 0 bridgehead atoms. The molecule has 1 unspecified atom stereocenters. The molecule has 2 heteroatoms. The van der Waals surface area contributed by atoms with Gasteiger partial charge in [0.15, 0.2) is 0 Å². The van der Waals surface area contributed by atoms with Crippen molar-refractivity contribution < 1.29 is 5.11 Å². The number of hydrogen-bond donors (Lipinski definition) is 1. The third kappa shape index (κ3) is 2.69. The molecule has 1 aliphatic heterocycles. The zero-order valence-electron chi connectivity index (χ0n) is 12.6. The molecule has 3 rings (SSSR count). The molecule has 1 heterocycles. The third-order valence-electron chi connectivity index (χ3n) is 3.81. The number of aliphatic hydroxyl groups is 1. The van der Waals surface area contributed by atoms with Crippen molar-refractivity contribution in [1.82, 2.24) is 0 Å². The Hall–Kier alpha value is -1.07. The second kappa shape index (κ2) is 5.29. The molecule has 1 atom stereocenters. The van der Waals surface area contributed by atoms with E-state index in [-0.39, 0.29) is 5.41 Å². The van der Waals surface area contributed by atoms with Gasteiger partial charge in [0.1, 0.15) is 0 Å². The fourth-order valence-corrected chi connectivity index (χ4v) is 6.16. The summed E-state index contributed by atoms with van der Waals surface area (Å²) >= 11 is -0.415. The van der Waals surface area contributed by atoms with E-state index in [1.807, 2.05) is 36.4 Å². The van der Waals surface area contributed by atoms with Crippen LogP contribution in [0.4, 0.5) is 0 Å². The van der Waals surface area contributed by atoms with E-state index >= 15 is 0 Å². The van der Waals surface area contributed by atoms with Crippen LogP contribution in [0.5, 0.6) is 0 Å². The Bertz CT molecular complexity index is 682. The van der Waals surface area contributed by atoms with Crippen molar-refractivity contribution in [3.05, 3.63) is 75.4 Å². The molecule has 1 N–H and O–H groups in total. The summed E-state index contributed by atoms with van der Waals surface area (Å²) in [5.74, 6) is 0. The van der Waals surface area contributed by atoms with Crippen LogP contribution >= 0.6 is 0 Å². The predicted octanol–water partition coefficient (Wildman–Crippen LogP) is 3.20.